The Morgan fingerprint density at radius 3 is 2.85 bits per heavy atom. The van der Waals surface area contributed by atoms with Gasteiger partial charge in [0.05, 0.1) is 18.8 Å². The van der Waals surface area contributed by atoms with Gasteiger partial charge in [-0.1, -0.05) is 25.5 Å². The molecular weight excluding hydrogens is 252 g/mol. The SMILES string of the molecule is Cc1ccc2c(c1)[C@H](O)CC1(CCOC(C(C)C)C1)O2. The van der Waals surface area contributed by atoms with Gasteiger partial charge in [-0.15, -0.1) is 0 Å². The van der Waals surface area contributed by atoms with Gasteiger partial charge in [-0.3, -0.25) is 0 Å². The number of hydrogen-bond donors (Lipinski definition) is 1. The summed E-state index contributed by atoms with van der Waals surface area (Å²) in [6, 6.07) is 6.07. The number of aliphatic hydroxyl groups excluding tert-OH is 1. The van der Waals surface area contributed by atoms with Crippen LogP contribution in [-0.2, 0) is 4.74 Å². The van der Waals surface area contributed by atoms with Crippen LogP contribution in [0.2, 0.25) is 0 Å². The summed E-state index contributed by atoms with van der Waals surface area (Å²) < 4.78 is 12.2. The molecule has 1 spiro atoms. The quantitative estimate of drug-likeness (QED) is 0.854. The molecule has 3 atom stereocenters. The molecule has 110 valence electrons. The fourth-order valence-corrected chi connectivity index (χ4v) is 3.39. The molecule has 1 N–H and O–H groups in total. The molecule has 0 aromatic heterocycles. The van der Waals surface area contributed by atoms with Gasteiger partial charge < -0.3 is 14.6 Å². The van der Waals surface area contributed by atoms with Crippen molar-refractivity contribution in [3.05, 3.63) is 29.3 Å². The van der Waals surface area contributed by atoms with Crippen molar-refractivity contribution in [2.45, 2.75) is 57.8 Å². The Morgan fingerprint density at radius 2 is 2.10 bits per heavy atom. The smallest absolute Gasteiger partial charge is 0.125 e. The fourth-order valence-electron chi connectivity index (χ4n) is 3.39. The van der Waals surface area contributed by atoms with Crippen LogP contribution >= 0.6 is 0 Å². The van der Waals surface area contributed by atoms with Crippen molar-refractivity contribution in [1.82, 2.24) is 0 Å². The zero-order valence-electron chi connectivity index (χ0n) is 12.6. The normalized spacial score (nSPS) is 33.0. The minimum absolute atomic E-state index is 0.225. The van der Waals surface area contributed by atoms with Gasteiger partial charge in [0.25, 0.3) is 0 Å². The van der Waals surface area contributed by atoms with Crippen molar-refractivity contribution in [1.29, 1.82) is 0 Å². The molecule has 1 fully saturated rings. The number of hydrogen-bond acceptors (Lipinski definition) is 3. The molecular formula is C17H24O3. The zero-order valence-corrected chi connectivity index (χ0v) is 12.6. The maximum Gasteiger partial charge on any atom is 0.125 e. The number of benzene rings is 1. The van der Waals surface area contributed by atoms with E-state index in [0.29, 0.717) is 12.3 Å². The average Bonchev–Trinajstić information content (AvgIpc) is 2.40. The van der Waals surface area contributed by atoms with Crippen molar-refractivity contribution in [2.24, 2.45) is 5.92 Å². The van der Waals surface area contributed by atoms with Gasteiger partial charge in [0.15, 0.2) is 0 Å². The molecule has 0 saturated carbocycles. The van der Waals surface area contributed by atoms with Crippen LogP contribution in [0.1, 0.15) is 50.3 Å². The Bertz CT molecular complexity index is 497. The summed E-state index contributed by atoms with van der Waals surface area (Å²) in [5.74, 6) is 1.33. The van der Waals surface area contributed by atoms with Gasteiger partial charge in [0, 0.05) is 24.8 Å². The second-order valence-corrected chi connectivity index (χ2v) is 6.65. The highest BCUT2D eigenvalue weighted by molar-refractivity contribution is 5.41. The zero-order chi connectivity index (χ0) is 14.3. The first-order valence-electron chi connectivity index (χ1n) is 7.58. The van der Waals surface area contributed by atoms with Gasteiger partial charge in [-0.25, -0.2) is 0 Å². The van der Waals surface area contributed by atoms with Crippen LogP contribution in [0, 0.1) is 12.8 Å². The highest BCUT2D eigenvalue weighted by Crippen LogP contribution is 2.45. The van der Waals surface area contributed by atoms with Gasteiger partial charge in [0.2, 0.25) is 0 Å². The second kappa shape index (κ2) is 5.05. The fraction of sp³-hybridized carbons (Fsp3) is 0.647. The van der Waals surface area contributed by atoms with Crippen LogP contribution < -0.4 is 4.74 Å². The highest BCUT2D eigenvalue weighted by atomic mass is 16.5. The lowest BCUT2D eigenvalue weighted by atomic mass is 9.79. The van der Waals surface area contributed by atoms with Gasteiger partial charge in [-0.05, 0) is 25.0 Å². The highest BCUT2D eigenvalue weighted by Gasteiger charge is 2.45. The lowest BCUT2D eigenvalue weighted by molar-refractivity contribution is -0.127. The van der Waals surface area contributed by atoms with E-state index in [4.69, 9.17) is 9.47 Å². The van der Waals surface area contributed by atoms with Crippen LogP contribution in [-0.4, -0.2) is 23.4 Å². The van der Waals surface area contributed by atoms with Crippen molar-refractivity contribution in [3.63, 3.8) is 0 Å². The number of aliphatic hydroxyl groups is 1. The van der Waals surface area contributed by atoms with E-state index < -0.39 is 6.10 Å². The molecule has 1 saturated heterocycles. The molecule has 1 aromatic rings. The van der Waals surface area contributed by atoms with Gasteiger partial charge in [0.1, 0.15) is 11.4 Å². The Morgan fingerprint density at radius 1 is 1.30 bits per heavy atom. The maximum absolute atomic E-state index is 10.5. The van der Waals surface area contributed by atoms with E-state index in [1.165, 1.54) is 0 Å². The Balaban J connectivity index is 1.88. The molecule has 0 aliphatic carbocycles. The third-order valence-corrected chi connectivity index (χ3v) is 4.62. The predicted molar refractivity (Wildman–Crippen MR) is 77.9 cm³/mol. The van der Waals surface area contributed by atoms with Crippen molar-refractivity contribution < 1.29 is 14.6 Å². The summed E-state index contributed by atoms with van der Waals surface area (Å²) in [4.78, 5) is 0. The topological polar surface area (TPSA) is 38.7 Å². The van der Waals surface area contributed by atoms with E-state index in [-0.39, 0.29) is 11.7 Å². The molecule has 0 bridgehead atoms. The van der Waals surface area contributed by atoms with E-state index in [1.807, 2.05) is 25.1 Å². The van der Waals surface area contributed by atoms with Gasteiger partial charge in [-0.2, -0.15) is 0 Å². The van der Waals surface area contributed by atoms with E-state index in [0.717, 1.165) is 36.3 Å². The summed E-state index contributed by atoms with van der Waals surface area (Å²) in [5.41, 5.74) is 1.84. The predicted octanol–water partition coefficient (Wildman–Crippen LogP) is 3.38. The molecule has 2 aliphatic rings. The lowest BCUT2D eigenvalue weighted by Crippen LogP contribution is -2.49. The molecule has 0 radical (unpaired) electrons. The summed E-state index contributed by atoms with van der Waals surface area (Å²) in [6.45, 7) is 7.12. The van der Waals surface area contributed by atoms with E-state index in [9.17, 15) is 5.11 Å². The summed E-state index contributed by atoms with van der Waals surface area (Å²) in [6.07, 6.45) is 2.21. The molecule has 0 amide bonds. The van der Waals surface area contributed by atoms with Crippen molar-refractivity contribution in [3.8, 4) is 5.75 Å². The largest absolute Gasteiger partial charge is 0.487 e. The van der Waals surface area contributed by atoms with Crippen LogP contribution in [0.25, 0.3) is 0 Å². The summed E-state index contributed by atoms with van der Waals surface area (Å²) in [7, 11) is 0. The van der Waals surface area contributed by atoms with E-state index in [1.54, 1.807) is 0 Å². The van der Waals surface area contributed by atoms with Crippen LogP contribution in [0.15, 0.2) is 18.2 Å². The first kappa shape index (κ1) is 13.9. The third-order valence-electron chi connectivity index (χ3n) is 4.62. The molecule has 1 aromatic carbocycles. The molecule has 3 heteroatoms. The van der Waals surface area contributed by atoms with Gasteiger partial charge >= 0.3 is 0 Å². The lowest BCUT2D eigenvalue weighted by Gasteiger charge is -2.46. The third kappa shape index (κ3) is 2.45. The summed E-state index contributed by atoms with van der Waals surface area (Å²) in [5, 5.41) is 10.5. The first-order chi connectivity index (χ1) is 9.49. The Hall–Kier alpha value is -1.06. The van der Waals surface area contributed by atoms with E-state index in [2.05, 4.69) is 13.8 Å². The Kier molecular flexibility index (Phi) is 3.51. The van der Waals surface area contributed by atoms with Crippen molar-refractivity contribution >= 4 is 0 Å². The molecule has 2 heterocycles. The summed E-state index contributed by atoms with van der Waals surface area (Å²) >= 11 is 0. The Labute approximate surface area is 120 Å². The average molecular weight is 276 g/mol. The standard InChI is InChI=1S/C17H24O3/c1-11(2)16-10-17(6-7-19-16)9-14(18)13-8-12(3)4-5-15(13)20-17/h4-5,8,11,14,16,18H,6-7,9-10H2,1-3H3/t14-,16?,17?/m1/s1. The first-order valence-corrected chi connectivity index (χ1v) is 7.58. The minimum atomic E-state index is -0.426. The molecule has 2 unspecified atom stereocenters. The minimum Gasteiger partial charge on any atom is -0.487 e. The van der Waals surface area contributed by atoms with Crippen LogP contribution in [0.4, 0.5) is 0 Å². The van der Waals surface area contributed by atoms with Crippen molar-refractivity contribution in [2.75, 3.05) is 6.61 Å². The molecule has 20 heavy (non-hydrogen) atoms. The van der Waals surface area contributed by atoms with Crippen LogP contribution in [0.5, 0.6) is 5.75 Å². The number of ether oxygens (including phenoxy) is 2. The number of rotatable bonds is 1. The molecule has 2 aliphatic heterocycles. The maximum atomic E-state index is 10.5. The second-order valence-electron chi connectivity index (χ2n) is 6.65. The number of aryl methyl sites for hydroxylation is 1. The molecule has 3 nitrogen and oxygen atoms in total. The monoisotopic (exact) mass is 276 g/mol. The van der Waals surface area contributed by atoms with Crippen LogP contribution in [0.3, 0.4) is 0 Å². The number of fused-ring (bicyclic) bond motifs is 1. The molecule has 3 rings (SSSR count). The van der Waals surface area contributed by atoms with E-state index >= 15 is 0 Å².